The number of carbonyl (C=O) groups excluding carboxylic acids is 2. The summed E-state index contributed by atoms with van der Waals surface area (Å²) < 4.78 is 7.26. The van der Waals surface area contributed by atoms with Crippen LogP contribution in [0, 0.1) is 0 Å². The number of amides is 2. The minimum atomic E-state index is -0.681. The molecule has 0 bridgehead atoms. The maximum absolute atomic E-state index is 12.6. The number of esters is 1. The third-order valence-electron chi connectivity index (χ3n) is 4.21. The smallest absolute Gasteiger partial charge is 0.338 e. The van der Waals surface area contributed by atoms with Crippen molar-refractivity contribution in [2.45, 2.75) is 32.9 Å². The molecule has 0 spiro atoms. The molecule has 26 heavy (non-hydrogen) atoms. The first-order valence-electron chi connectivity index (χ1n) is 8.58. The Morgan fingerprint density at radius 2 is 2.19 bits per heavy atom. The summed E-state index contributed by atoms with van der Waals surface area (Å²) in [6, 6.07) is 6.71. The number of allylic oxidation sites excluding steroid dienone is 1. The monoisotopic (exact) mass is 354 g/mol. The molecule has 0 aliphatic carbocycles. The highest BCUT2D eigenvalue weighted by Crippen LogP contribution is 2.30. The molecular formula is C19H22N4O3. The van der Waals surface area contributed by atoms with E-state index in [0.717, 1.165) is 24.0 Å². The number of hydrogen-bond acceptors (Lipinski definition) is 4. The lowest BCUT2D eigenvalue weighted by atomic mass is 10.0. The van der Waals surface area contributed by atoms with Crippen molar-refractivity contribution in [3.8, 4) is 0 Å². The molecule has 2 N–H and O–H groups in total. The van der Waals surface area contributed by atoms with Gasteiger partial charge in [-0.2, -0.15) is 0 Å². The second-order valence-electron chi connectivity index (χ2n) is 6.07. The number of rotatable bonds is 6. The number of carbonyl (C=O) groups is 2. The van der Waals surface area contributed by atoms with Crippen molar-refractivity contribution in [3.63, 3.8) is 0 Å². The van der Waals surface area contributed by atoms with Gasteiger partial charge in [0.05, 0.1) is 16.6 Å². The first-order chi connectivity index (χ1) is 12.6. The van der Waals surface area contributed by atoms with Crippen LogP contribution in [0.15, 0.2) is 48.2 Å². The lowest BCUT2D eigenvalue weighted by molar-refractivity contribution is -0.138. The van der Waals surface area contributed by atoms with Gasteiger partial charge in [0.15, 0.2) is 0 Å². The Labute approximate surface area is 151 Å². The van der Waals surface area contributed by atoms with E-state index in [4.69, 9.17) is 9.72 Å². The number of hydrogen-bond donors (Lipinski definition) is 2. The Hall–Kier alpha value is -3.09. The Morgan fingerprint density at radius 1 is 1.42 bits per heavy atom. The highest BCUT2D eigenvalue weighted by Gasteiger charge is 2.35. The van der Waals surface area contributed by atoms with Gasteiger partial charge in [-0.3, -0.25) is 0 Å². The van der Waals surface area contributed by atoms with Gasteiger partial charge in [0, 0.05) is 12.2 Å². The summed E-state index contributed by atoms with van der Waals surface area (Å²) in [5.41, 5.74) is 2.59. The van der Waals surface area contributed by atoms with Gasteiger partial charge in [-0.05, 0) is 25.5 Å². The molecular weight excluding hydrogens is 332 g/mol. The van der Waals surface area contributed by atoms with Gasteiger partial charge >= 0.3 is 12.0 Å². The predicted octanol–water partition coefficient (Wildman–Crippen LogP) is 2.80. The number of urea groups is 1. The lowest BCUT2D eigenvalue weighted by Gasteiger charge is -2.27. The molecule has 1 aliphatic heterocycles. The number of fused-ring (bicyclic) bond motifs is 1. The molecule has 2 heterocycles. The number of imidazole rings is 1. The van der Waals surface area contributed by atoms with Gasteiger partial charge < -0.3 is 19.9 Å². The van der Waals surface area contributed by atoms with Crippen LogP contribution >= 0.6 is 0 Å². The van der Waals surface area contributed by atoms with E-state index in [0.29, 0.717) is 17.1 Å². The summed E-state index contributed by atoms with van der Waals surface area (Å²) in [5, 5.41) is 5.45. The SMILES string of the molecule is C=CCOC(=O)C1=C(C)NC(=O)N[C@H]1c1nc2ccccc2n1CCC. The van der Waals surface area contributed by atoms with Gasteiger partial charge in [-0.25, -0.2) is 14.6 Å². The minimum absolute atomic E-state index is 0.0989. The third kappa shape index (κ3) is 3.20. The van der Waals surface area contributed by atoms with E-state index in [9.17, 15) is 9.59 Å². The number of aromatic nitrogens is 2. The Kier molecular flexibility index (Phi) is 5.06. The van der Waals surface area contributed by atoms with Crippen LogP contribution in [-0.4, -0.2) is 28.2 Å². The van der Waals surface area contributed by atoms with Crippen molar-refractivity contribution in [1.29, 1.82) is 0 Å². The number of benzene rings is 1. The normalized spacial score (nSPS) is 17.0. The maximum Gasteiger partial charge on any atom is 0.338 e. The molecule has 0 saturated heterocycles. The summed E-state index contributed by atoms with van der Waals surface area (Å²) in [6.45, 7) is 8.14. The van der Waals surface area contributed by atoms with Gasteiger partial charge in [-0.15, -0.1) is 0 Å². The van der Waals surface area contributed by atoms with Crippen LogP contribution in [0.3, 0.4) is 0 Å². The fourth-order valence-electron chi connectivity index (χ4n) is 3.14. The number of nitrogens with one attached hydrogen (secondary N) is 2. The van der Waals surface area contributed by atoms with E-state index in [1.165, 1.54) is 6.08 Å². The molecule has 1 aromatic carbocycles. The molecule has 7 heteroatoms. The van der Waals surface area contributed by atoms with Crippen LogP contribution < -0.4 is 10.6 Å². The Morgan fingerprint density at radius 3 is 2.92 bits per heavy atom. The zero-order chi connectivity index (χ0) is 18.7. The van der Waals surface area contributed by atoms with Gasteiger partial charge in [0.1, 0.15) is 18.5 Å². The van der Waals surface area contributed by atoms with Gasteiger partial charge in [0.25, 0.3) is 0 Å². The number of aryl methyl sites for hydroxylation is 1. The van der Waals surface area contributed by atoms with E-state index in [1.807, 2.05) is 28.8 Å². The molecule has 1 atom stereocenters. The molecule has 0 fully saturated rings. The molecule has 2 amide bonds. The first kappa shape index (κ1) is 17.7. The molecule has 2 aromatic rings. The fraction of sp³-hybridized carbons (Fsp3) is 0.316. The summed E-state index contributed by atoms with van der Waals surface area (Å²) in [7, 11) is 0. The van der Waals surface area contributed by atoms with Crippen molar-refractivity contribution in [1.82, 2.24) is 20.2 Å². The third-order valence-corrected chi connectivity index (χ3v) is 4.21. The van der Waals surface area contributed by atoms with Crippen molar-refractivity contribution >= 4 is 23.0 Å². The summed E-state index contributed by atoms with van der Waals surface area (Å²) in [6.07, 6.45) is 2.40. The molecule has 0 saturated carbocycles. The van der Waals surface area contributed by atoms with E-state index in [2.05, 4.69) is 24.1 Å². The highest BCUT2D eigenvalue weighted by molar-refractivity contribution is 5.95. The average Bonchev–Trinajstić information content (AvgIpc) is 2.98. The van der Waals surface area contributed by atoms with Gasteiger partial charge in [-0.1, -0.05) is 31.7 Å². The largest absolute Gasteiger partial charge is 0.458 e. The predicted molar refractivity (Wildman–Crippen MR) is 98.3 cm³/mol. The standard InChI is InChI=1S/C19H22N4O3/c1-4-10-23-14-9-7-6-8-13(14)21-17(23)16-15(18(24)26-11-5-2)12(3)20-19(25)22-16/h5-9,16H,2,4,10-11H2,1,3H3,(H2,20,22,25)/t16-/m1/s1. The Bertz CT molecular complexity index is 897. The van der Waals surface area contributed by atoms with E-state index in [1.54, 1.807) is 6.92 Å². The van der Waals surface area contributed by atoms with Crippen molar-refractivity contribution in [2.75, 3.05) is 6.61 Å². The zero-order valence-electron chi connectivity index (χ0n) is 14.9. The number of para-hydroxylation sites is 2. The first-order valence-corrected chi connectivity index (χ1v) is 8.58. The van der Waals surface area contributed by atoms with Crippen LogP contribution in [0.2, 0.25) is 0 Å². The van der Waals surface area contributed by atoms with Crippen LogP contribution in [0.5, 0.6) is 0 Å². The molecule has 1 aliphatic rings. The molecule has 3 rings (SSSR count). The van der Waals surface area contributed by atoms with E-state index in [-0.39, 0.29) is 12.6 Å². The molecule has 7 nitrogen and oxygen atoms in total. The molecule has 136 valence electrons. The number of ether oxygens (including phenoxy) is 1. The fourth-order valence-corrected chi connectivity index (χ4v) is 3.14. The average molecular weight is 354 g/mol. The summed E-state index contributed by atoms with van der Waals surface area (Å²) >= 11 is 0. The minimum Gasteiger partial charge on any atom is -0.458 e. The van der Waals surface area contributed by atoms with Crippen LogP contribution in [0.4, 0.5) is 4.79 Å². The Balaban J connectivity index is 2.13. The van der Waals surface area contributed by atoms with E-state index >= 15 is 0 Å². The second kappa shape index (κ2) is 7.43. The number of nitrogens with zero attached hydrogens (tertiary/aromatic N) is 2. The van der Waals surface area contributed by atoms with Crippen molar-refractivity contribution in [3.05, 3.63) is 54.0 Å². The van der Waals surface area contributed by atoms with Crippen LogP contribution in [-0.2, 0) is 16.1 Å². The van der Waals surface area contributed by atoms with Crippen LogP contribution in [0.25, 0.3) is 11.0 Å². The maximum atomic E-state index is 12.6. The van der Waals surface area contributed by atoms with Crippen molar-refractivity contribution < 1.29 is 14.3 Å². The van der Waals surface area contributed by atoms with E-state index < -0.39 is 12.0 Å². The molecule has 0 radical (unpaired) electrons. The highest BCUT2D eigenvalue weighted by atomic mass is 16.5. The van der Waals surface area contributed by atoms with Crippen molar-refractivity contribution in [2.24, 2.45) is 0 Å². The zero-order valence-corrected chi connectivity index (χ0v) is 14.9. The molecule has 0 unspecified atom stereocenters. The quantitative estimate of drug-likeness (QED) is 0.617. The lowest BCUT2D eigenvalue weighted by Crippen LogP contribution is -2.46. The molecule has 1 aromatic heterocycles. The van der Waals surface area contributed by atoms with Crippen LogP contribution in [0.1, 0.15) is 32.1 Å². The van der Waals surface area contributed by atoms with Gasteiger partial charge in [0.2, 0.25) is 0 Å². The summed E-state index contributed by atoms with van der Waals surface area (Å²) in [5.74, 6) is 0.114. The topological polar surface area (TPSA) is 85.2 Å². The second-order valence-corrected chi connectivity index (χ2v) is 6.07. The summed E-state index contributed by atoms with van der Waals surface area (Å²) in [4.78, 5) is 29.3.